The molecule has 0 unspecified atom stereocenters. The molecule has 0 N–H and O–H groups in total. The Hall–Kier alpha value is -1.22. The summed E-state index contributed by atoms with van der Waals surface area (Å²) < 4.78 is 0. The highest BCUT2D eigenvalue weighted by molar-refractivity contribution is 5.42. The first-order valence-corrected chi connectivity index (χ1v) is 6.87. The lowest BCUT2D eigenvalue weighted by Crippen LogP contribution is -2.06. The first-order chi connectivity index (χ1) is 8.33. The molecule has 0 amide bonds. The van der Waals surface area contributed by atoms with Gasteiger partial charge < -0.3 is 0 Å². The molecule has 2 rings (SSSR count). The van der Waals surface area contributed by atoms with Gasteiger partial charge in [-0.2, -0.15) is 0 Å². The second kappa shape index (κ2) is 5.41. The molecular weight excluding hydrogens is 204 g/mol. The highest BCUT2D eigenvalue weighted by atomic mass is 14.5. The third kappa shape index (κ3) is 2.55. The summed E-state index contributed by atoms with van der Waals surface area (Å²) in [6.07, 6.45) is 13.6. The maximum absolute atomic E-state index is 5.77. The fourth-order valence-corrected chi connectivity index (χ4v) is 2.84. The van der Waals surface area contributed by atoms with E-state index in [-0.39, 0.29) is 5.41 Å². The molecule has 0 saturated heterocycles. The molecule has 0 spiro atoms. The first kappa shape index (κ1) is 12.2. The van der Waals surface area contributed by atoms with Crippen molar-refractivity contribution >= 4 is 0 Å². The van der Waals surface area contributed by atoms with E-state index < -0.39 is 0 Å². The van der Waals surface area contributed by atoms with Gasteiger partial charge in [0.05, 0.1) is 5.41 Å². The predicted octanol–water partition coefficient (Wildman–Crippen LogP) is 4.55. The SMILES string of the molecule is C#C[C@@]1(c2ccccc2)C[C@@H]1CCCCCC. The van der Waals surface area contributed by atoms with Crippen LogP contribution in [0.1, 0.15) is 51.0 Å². The number of hydrogen-bond acceptors (Lipinski definition) is 0. The minimum atomic E-state index is 0.0769. The van der Waals surface area contributed by atoms with Crippen molar-refractivity contribution < 1.29 is 0 Å². The normalized spacial score (nSPS) is 26.5. The van der Waals surface area contributed by atoms with Gasteiger partial charge in [0.2, 0.25) is 0 Å². The lowest BCUT2D eigenvalue weighted by atomic mass is 9.92. The molecule has 1 saturated carbocycles. The van der Waals surface area contributed by atoms with Crippen molar-refractivity contribution in [1.29, 1.82) is 0 Å². The Bertz CT molecular complexity index is 384. The molecule has 90 valence electrons. The van der Waals surface area contributed by atoms with E-state index in [2.05, 4.69) is 43.2 Å². The lowest BCUT2D eigenvalue weighted by Gasteiger charge is -2.10. The van der Waals surface area contributed by atoms with E-state index in [9.17, 15) is 0 Å². The zero-order valence-corrected chi connectivity index (χ0v) is 10.8. The summed E-state index contributed by atoms with van der Waals surface area (Å²) in [5, 5.41) is 0. The van der Waals surface area contributed by atoms with Crippen LogP contribution in [0.15, 0.2) is 30.3 Å². The Morgan fingerprint density at radius 2 is 2.00 bits per heavy atom. The minimum absolute atomic E-state index is 0.0769. The summed E-state index contributed by atoms with van der Waals surface area (Å²) >= 11 is 0. The summed E-state index contributed by atoms with van der Waals surface area (Å²) in [4.78, 5) is 0. The fourth-order valence-electron chi connectivity index (χ4n) is 2.84. The molecule has 0 bridgehead atoms. The number of unbranched alkanes of at least 4 members (excludes halogenated alkanes) is 3. The van der Waals surface area contributed by atoms with Crippen LogP contribution >= 0.6 is 0 Å². The summed E-state index contributed by atoms with van der Waals surface area (Å²) in [6.45, 7) is 2.26. The van der Waals surface area contributed by atoms with E-state index in [4.69, 9.17) is 6.42 Å². The third-order valence-electron chi connectivity index (χ3n) is 4.06. The number of benzene rings is 1. The Labute approximate surface area is 105 Å². The van der Waals surface area contributed by atoms with Gasteiger partial charge in [0.15, 0.2) is 0 Å². The van der Waals surface area contributed by atoms with E-state index in [1.807, 2.05) is 0 Å². The van der Waals surface area contributed by atoms with E-state index in [1.54, 1.807) is 0 Å². The smallest absolute Gasteiger partial charge is 0.0592 e. The first-order valence-electron chi connectivity index (χ1n) is 6.87. The Kier molecular flexibility index (Phi) is 3.89. The van der Waals surface area contributed by atoms with Gasteiger partial charge >= 0.3 is 0 Å². The van der Waals surface area contributed by atoms with Crippen molar-refractivity contribution in [2.45, 2.75) is 50.9 Å². The topological polar surface area (TPSA) is 0 Å². The Morgan fingerprint density at radius 3 is 2.65 bits per heavy atom. The third-order valence-corrected chi connectivity index (χ3v) is 4.06. The lowest BCUT2D eigenvalue weighted by molar-refractivity contribution is 0.573. The zero-order valence-electron chi connectivity index (χ0n) is 10.8. The summed E-state index contributed by atoms with van der Waals surface area (Å²) in [5.41, 5.74) is 1.43. The van der Waals surface area contributed by atoms with Crippen LogP contribution < -0.4 is 0 Å². The molecule has 0 nitrogen and oxygen atoms in total. The van der Waals surface area contributed by atoms with Crippen LogP contribution in [0.4, 0.5) is 0 Å². The highest BCUT2D eigenvalue weighted by Crippen LogP contribution is 2.56. The zero-order chi connectivity index (χ0) is 12.1. The van der Waals surface area contributed by atoms with Gasteiger partial charge in [-0.3, -0.25) is 0 Å². The predicted molar refractivity (Wildman–Crippen MR) is 73.8 cm³/mol. The average Bonchev–Trinajstić information content (AvgIpc) is 3.11. The highest BCUT2D eigenvalue weighted by Gasteiger charge is 2.53. The number of hydrogen-bond donors (Lipinski definition) is 0. The van der Waals surface area contributed by atoms with Gasteiger partial charge in [0.25, 0.3) is 0 Å². The van der Waals surface area contributed by atoms with Crippen LogP contribution in [0, 0.1) is 18.3 Å². The van der Waals surface area contributed by atoms with Crippen molar-refractivity contribution in [3.05, 3.63) is 35.9 Å². The molecule has 0 radical (unpaired) electrons. The summed E-state index contributed by atoms with van der Waals surface area (Å²) in [6, 6.07) is 10.6. The van der Waals surface area contributed by atoms with Gasteiger partial charge in [-0.25, -0.2) is 0 Å². The van der Waals surface area contributed by atoms with E-state index in [1.165, 1.54) is 44.1 Å². The van der Waals surface area contributed by atoms with Crippen molar-refractivity contribution in [3.8, 4) is 12.3 Å². The largest absolute Gasteiger partial charge is 0.119 e. The monoisotopic (exact) mass is 226 g/mol. The molecule has 1 aromatic rings. The van der Waals surface area contributed by atoms with Crippen LogP contribution in [-0.4, -0.2) is 0 Å². The molecule has 0 aromatic heterocycles. The van der Waals surface area contributed by atoms with Crippen molar-refractivity contribution in [2.75, 3.05) is 0 Å². The quantitative estimate of drug-likeness (QED) is 0.493. The average molecular weight is 226 g/mol. The molecule has 1 aliphatic carbocycles. The summed E-state index contributed by atoms with van der Waals surface area (Å²) in [7, 11) is 0. The molecule has 2 atom stereocenters. The van der Waals surface area contributed by atoms with Gasteiger partial charge in [0, 0.05) is 0 Å². The molecular formula is C17H22. The molecule has 17 heavy (non-hydrogen) atoms. The van der Waals surface area contributed by atoms with Crippen LogP contribution in [0.25, 0.3) is 0 Å². The molecule has 1 aliphatic rings. The maximum atomic E-state index is 5.77. The van der Waals surface area contributed by atoms with Gasteiger partial charge in [-0.05, 0) is 24.3 Å². The Morgan fingerprint density at radius 1 is 1.24 bits per heavy atom. The van der Waals surface area contributed by atoms with Crippen LogP contribution in [0.5, 0.6) is 0 Å². The van der Waals surface area contributed by atoms with Gasteiger partial charge in [-0.1, -0.05) is 68.9 Å². The summed E-state index contributed by atoms with van der Waals surface area (Å²) in [5.74, 6) is 3.79. The minimum Gasteiger partial charge on any atom is -0.119 e. The van der Waals surface area contributed by atoms with Crippen molar-refractivity contribution in [3.63, 3.8) is 0 Å². The molecule has 1 fully saturated rings. The van der Waals surface area contributed by atoms with E-state index in [0.717, 1.165) is 5.92 Å². The van der Waals surface area contributed by atoms with Crippen LogP contribution in [0.3, 0.4) is 0 Å². The van der Waals surface area contributed by atoms with E-state index in [0.29, 0.717) is 0 Å². The van der Waals surface area contributed by atoms with Gasteiger partial charge in [0.1, 0.15) is 0 Å². The van der Waals surface area contributed by atoms with Crippen LogP contribution in [0.2, 0.25) is 0 Å². The fraction of sp³-hybridized carbons (Fsp3) is 0.529. The molecule has 0 heteroatoms. The molecule has 0 aliphatic heterocycles. The standard InChI is InChI=1S/C17H22/c1-3-5-6-8-13-16-14-17(16,4-2)15-11-9-7-10-12-15/h2,7,9-12,16H,3,5-6,8,13-14H2,1H3/t16-,17-/m0/s1. The van der Waals surface area contributed by atoms with Crippen LogP contribution in [-0.2, 0) is 5.41 Å². The van der Waals surface area contributed by atoms with Crippen molar-refractivity contribution in [2.24, 2.45) is 5.92 Å². The maximum Gasteiger partial charge on any atom is 0.0592 e. The van der Waals surface area contributed by atoms with Crippen molar-refractivity contribution in [1.82, 2.24) is 0 Å². The number of rotatable bonds is 6. The van der Waals surface area contributed by atoms with E-state index >= 15 is 0 Å². The number of terminal acetylenes is 1. The molecule has 1 aromatic carbocycles. The van der Waals surface area contributed by atoms with Gasteiger partial charge in [-0.15, -0.1) is 6.42 Å². The molecule has 0 heterocycles. The second-order valence-electron chi connectivity index (χ2n) is 5.23. The Balaban J connectivity index is 1.91. The second-order valence-corrected chi connectivity index (χ2v) is 5.23.